The third kappa shape index (κ3) is 3.87. The maximum absolute atomic E-state index is 12.8. The molecule has 0 aliphatic carbocycles. The maximum atomic E-state index is 12.8. The van der Waals surface area contributed by atoms with Crippen molar-refractivity contribution in [1.82, 2.24) is 4.57 Å². The molecule has 0 atom stereocenters. The van der Waals surface area contributed by atoms with Crippen molar-refractivity contribution in [2.75, 3.05) is 20.8 Å². The minimum absolute atomic E-state index is 0.152. The first-order valence-corrected chi connectivity index (χ1v) is 8.66. The van der Waals surface area contributed by atoms with Gasteiger partial charge in [-0.1, -0.05) is 35.4 Å². The Morgan fingerprint density at radius 3 is 2.61 bits per heavy atom. The molecule has 0 spiro atoms. The third-order valence-corrected chi connectivity index (χ3v) is 4.34. The lowest BCUT2D eigenvalue weighted by Crippen LogP contribution is -2.13. The lowest BCUT2D eigenvalue weighted by molar-refractivity contribution is 0.142. The first kappa shape index (κ1) is 19.1. The summed E-state index contributed by atoms with van der Waals surface area (Å²) in [4.78, 5) is 15.6. The molecule has 0 fully saturated rings. The molecule has 0 unspecified atom stereocenters. The highest BCUT2D eigenvalue weighted by Gasteiger charge is 2.21. The lowest BCUT2D eigenvalue weighted by Gasteiger charge is -2.12. The van der Waals surface area contributed by atoms with Gasteiger partial charge in [0.1, 0.15) is 12.1 Å². The van der Waals surface area contributed by atoms with Crippen molar-refractivity contribution < 1.29 is 19.0 Å². The van der Waals surface area contributed by atoms with Crippen LogP contribution in [0.1, 0.15) is 11.1 Å². The van der Waals surface area contributed by atoms with Gasteiger partial charge in [0.25, 0.3) is 0 Å². The number of hydrogen-bond acceptors (Lipinski definition) is 5. The normalized spacial score (nSPS) is 10.4. The molecule has 0 amide bonds. The van der Waals surface area contributed by atoms with Crippen molar-refractivity contribution in [2.24, 2.45) is 5.11 Å². The van der Waals surface area contributed by atoms with Gasteiger partial charge in [0.2, 0.25) is 0 Å². The number of rotatable bonds is 7. The zero-order chi connectivity index (χ0) is 19.9. The number of fused-ring (bicyclic) bond motifs is 1. The second kappa shape index (κ2) is 8.83. The summed E-state index contributed by atoms with van der Waals surface area (Å²) in [5.41, 5.74) is 10.8. The van der Waals surface area contributed by atoms with E-state index in [4.69, 9.17) is 19.7 Å². The molecule has 0 bridgehead atoms. The van der Waals surface area contributed by atoms with E-state index in [1.807, 2.05) is 36.4 Å². The number of ether oxygens (including phenoxy) is 3. The zero-order valence-electron chi connectivity index (χ0n) is 15.7. The molecular weight excluding hydrogens is 360 g/mol. The smallest absolute Gasteiger partial charge is 0.418 e. The van der Waals surface area contributed by atoms with Crippen LogP contribution in [-0.2, 0) is 17.8 Å². The molecule has 8 nitrogen and oxygen atoms in total. The molecule has 0 N–H and O–H groups in total. The maximum Gasteiger partial charge on any atom is 0.418 e. The summed E-state index contributed by atoms with van der Waals surface area (Å²) in [6, 6.07) is 13.1. The Morgan fingerprint density at radius 2 is 1.93 bits per heavy atom. The van der Waals surface area contributed by atoms with Crippen LogP contribution in [0.5, 0.6) is 11.5 Å². The van der Waals surface area contributed by atoms with E-state index in [1.54, 1.807) is 12.3 Å². The van der Waals surface area contributed by atoms with Gasteiger partial charge in [0.05, 0.1) is 14.2 Å². The van der Waals surface area contributed by atoms with Crippen molar-refractivity contribution in [3.63, 3.8) is 0 Å². The number of benzene rings is 2. The average Bonchev–Trinajstić information content (AvgIpc) is 3.11. The number of hydrogen-bond donors (Lipinski definition) is 0. The van der Waals surface area contributed by atoms with E-state index in [9.17, 15) is 4.79 Å². The molecule has 0 aliphatic heterocycles. The van der Waals surface area contributed by atoms with Crippen LogP contribution in [0.4, 0.5) is 4.79 Å². The topological polar surface area (TPSA) is 98.5 Å². The van der Waals surface area contributed by atoms with Crippen LogP contribution in [0, 0.1) is 0 Å². The van der Waals surface area contributed by atoms with Crippen LogP contribution in [0.15, 0.2) is 53.8 Å². The second-order valence-electron chi connectivity index (χ2n) is 5.97. The largest absolute Gasteiger partial charge is 0.493 e. The molecular formula is C20H20N4O4. The number of carbonyl (C=O) groups is 1. The molecule has 1 aromatic heterocycles. The summed E-state index contributed by atoms with van der Waals surface area (Å²) >= 11 is 0. The minimum atomic E-state index is -0.532. The standard InChI is InChI=1S/C20H20N4O4/c1-26-17-9-8-16-15(10-11-22-23-21)12-24(18(16)19(17)27-2)20(25)28-13-14-6-4-3-5-7-14/h3-9,12H,10-11,13H2,1-2H3. The second-order valence-corrected chi connectivity index (χ2v) is 5.97. The van der Waals surface area contributed by atoms with E-state index in [0.29, 0.717) is 23.4 Å². The molecule has 1 heterocycles. The summed E-state index contributed by atoms with van der Waals surface area (Å²) in [5, 5.41) is 4.39. The van der Waals surface area contributed by atoms with Crippen LogP contribution in [0.3, 0.4) is 0 Å². The Kier molecular flexibility index (Phi) is 6.04. The van der Waals surface area contributed by atoms with E-state index in [-0.39, 0.29) is 13.2 Å². The van der Waals surface area contributed by atoms with Crippen molar-refractivity contribution in [2.45, 2.75) is 13.0 Å². The number of methoxy groups -OCH3 is 2. The SMILES string of the molecule is COc1ccc2c(CCN=[N+]=[N-])cn(C(=O)OCc3ccccc3)c2c1OC. The predicted octanol–water partition coefficient (Wildman–Crippen LogP) is 4.70. The van der Waals surface area contributed by atoms with E-state index >= 15 is 0 Å². The Hall–Kier alpha value is -3.64. The molecule has 0 radical (unpaired) electrons. The van der Waals surface area contributed by atoms with Crippen LogP contribution in [0.2, 0.25) is 0 Å². The summed E-state index contributed by atoms with van der Waals surface area (Å²) < 4.78 is 17.8. The highest BCUT2D eigenvalue weighted by atomic mass is 16.5. The molecule has 28 heavy (non-hydrogen) atoms. The molecule has 2 aromatic carbocycles. The van der Waals surface area contributed by atoms with E-state index in [0.717, 1.165) is 16.5 Å². The molecule has 144 valence electrons. The molecule has 0 aliphatic rings. The summed E-state index contributed by atoms with van der Waals surface area (Å²) in [6.07, 6.45) is 1.64. The van der Waals surface area contributed by atoms with Gasteiger partial charge in [-0.3, -0.25) is 0 Å². The average molecular weight is 380 g/mol. The zero-order valence-corrected chi connectivity index (χ0v) is 15.7. The van der Waals surface area contributed by atoms with E-state index < -0.39 is 6.09 Å². The van der Waals surface area contributed by atoms with Gasteiger partial charge in [-0.25, -0.2) is 9.36 Å². The lowest BCUT2D eigenvalue weighted by atomic mass is 10.1. The van der Waals surface area contributed by atoms with Crippen LogP contribution < -0.4 is 9.47 Å². The third-order valence-electron chi connectivity index (χ3n) is 4.34. The minimum Gasteiger partial charge on any atom is -0.493 e. The van der Waals surface area contributed by atoms with Crippen molar-refractivity contribution in [1.29, 1.82) is 0 Å². The summed E-state index contributed by atoms with van der Waals surface area (Å²) in [7, 11) is 3.05. The van der Waals surface area contributed by atoms with Crippen LogP contribution in [-0.4, -0.2) is 31.4 Å². The Bertz CT molecular complexity index is 1020. The molecule has 0 saturated carbocycles. The highest BCUT2D eigenvalue weighted by Crippen LogP contribution is 2.38. The van der Waals surface area contributed by atoms with Crippen molar-refractivity contribution >= 4 is 17.0 Å². The Labute approximate surface area is 161 Å². The number of nitrogens with zero attached hydrogens (tertiary/aromatic N) is 4. The van der Waals surface area contributed by atoms with Gasteiger partial charge in [-0.2, -0.15) is 0 Å². The first-order chi connectivity index (χ1) is 13.7. The molecule has 0 saturated heterocycles. The van der Waals surface area contributed by atoms with Gasteiger partial charge in [0, 0.05) is 23.0 Å². The van der Waals surface area contributed by atoms with Crippen LogP contribution in [0.25, 0.3) is 21.3 Å². The highest BCUT2D eigenvalue weighted by molar-refractivity contribution is 5.97. The number of carbonyl (C=O) groups excluding carboxylic acids is 1. The van der Waals surface area contributed by atoms with E-state index in [2.05, 4.69) is 10.0 Å². The van der Waals surface area contributed by atoms with Crippen molar-refractivity contribution in [3.8, 4) is 11.5 Å². The molecule has 3 aromatic rings. The van der Waals surface area contributed by atoms with E-state index in [1.165, 1.54) is 18.8 Å². The van der Waals surface area contributed by atoms with Gasteiger partial charge in [-0.05, 0) is 35.2 Å². The van der Waals surface area contributed by atoms with Gasteiger partial charge in [-0.15, -0.1) is 0 Å². The fraction of sp³-hybridized carbons (Fsp3) is 0.250. The van der Waals surface area contributed by atoms with Crippen LogP contribution >= 0.6 is 0 Å². The fourth-order valence-electron chi connectivity index (χ4n) is 3.05. The Balaban J connectivity index is 2.00. The van der Waals surface area contributed by atoms with Gasteiger partial charge in [0.15, 0.2) is 11.5 Å². The molecule has 8 heteroatoms. The quantitative estimate of drug-likeness (QED) is 0.337. The van der Waals surface area contributed by atoms with Gasteiger partial charge >= 0.3 is 6.09 Å². The first-order valence-electron chi connectivity index (χ1n) is 8.66. The Morgan fingerprint density at radius 1 is 1.14 bits per heavy atom. The van der Waals surface area contributed by atoms with Gasteiger partial charge < -0.3 is 14.2 Å². The summed E-state index contributed by atoms with van der Waals surface area (Å²) in [6.45, 7) is 0.433. The molecule has 3 rings (SSSR count). The number of azide groups is 1. The van der Waals surface area contributed by atoms with Crippen molar-refractivity contribution in [3.05, 3.63) is 70.2 Å². The number of aromatic nitrogens is 1. The predicted molar refractivity (Wildman–Crippen MR) is 105 cm³/mol. The fourth-order valence-corrected chi connectivity index (χ4v) is 3.05. The monoisotopic (exact) mass is 380 g/mol. The summed E-state index contributed by atoms with van der Waals surface area (Å²) in [5.74, 6) is 0.943.